The van der Waals surface area contributed by atoms with Crippen LogP contribution in [0.3, 0.4) is 0 Å². The van der Waals surface area contributed by atoms with E-state index in [2.05, 4.69) is 5.32 Å². The molecule has 4 nitrogen and oxygen atoms in total. The molecule has 0 rings (SSSR count). The fourth-order valence-corrected chi connectivity index (χ4v) is 0.701. The summed E-state index contributed by atoms with van der Waals surface area (Å²) in [5.41, 5.74) is 4.75. The lowest BCUT2D eigenvalue weighted by Gasteiger charge is -2.21. The average molecular weight is 174 g/mol. The molecule has 0 saturated carbocycles. The third kappa shape index (κ3) is 4.31. The molecule has 1 atom stereocenters. The highest BCUT2D eigenvalue weighted by atomic mass is 16.5. The van der Waals surface area contributed by atoms with Gasteiger partial charge in [-0.3, -0.25) is 4.79 Å². The van der Waals surface area contributed by atoms with Crippen LogP contribution in [0.2, 0.25) is 0 Å². The Bertz CT molecular complexity index is 152. The third-order valence-corrected chi connectivity index (χ3v) is 1.38. The topological polar surface area (TPSA) is 64.3 Å². The van der Waals surface area contributed by atoms with Gasteiger partial charge < -0.3 is 15.8 Å². The van der Waals surface area contributed by atoms with Crippen LogP contribution in [0.1, 0.15) is 20.8 Å². The van der Waals surface area contributed by atoms with E-state index < -0.39 is 5.54 Å². The molecule has 3 N–H and O–H groups in total. The fraction of sp³-hybridized carbons (Fsp3) is 0.875. The van der Waals surface area contributed by atoms with Crippen molar-refractivity contribution < 1.29 is 9.53 Å². The zero-order chi connectivity index (χ0) is 9.78. The van der Waals surface area contributed by atoms with Crippen LogP contribution in [0.5, 0.6) is 0 Å². The van der Waals surface area contributed by atoms with Crippen molar-refractivity contribution in [3.63, 3.8) is 0 Å². The first-order valence-electron chi connectivity index (χ1n) is 3.96. The number of carbonyl (C=O) groups excluding carboxylic acids is 1. The van der Waals surface area contributed by atoms with Crippen molar-refractivity contribution >= 4 is 5.91 Å². The Morgan fingerprint density at radius 3 is 2.50 bits per heavy atom. The average Bonchev–Trinajstić information content (AvgIpc) is 1.85. The van der Waals surface area contributed by atoms with Crippen molar-refractivity contribution in [3.8, 4) is 0 Å². The fourth-order valence-electron chi connectivity index (χ4n) is 0.701. The number of ether oxygens (including phenoxy) is 1. The molecule has 0 aromatic carbocycles. The second kappa shape index (κ2) is 4.42. The van der Waals surface area contributed by atoms with Gasteiger partial charge >= 0.3 is 0 Å². The van der Waals surface area contributed by atoms with Crippen molar-refractivity contribution in [1.29, 1.82) is 0 Å². The summed E-state index contributed by atoms with van der Waals surface area (Å²) in [6.07, 6.45) is 0. The first kappa shape index (κ1) is 11.4. The first-order valence-corrected chi connectivity index (χ1v) is 3.96. The van der Waals surface area contributed by atoms with E-state index in [-0.39, 0.29) is 11.9 Å². The van der Waals surface area contributed by atoms with Crippen LogP contribution < -0.4 is 11.1 Å². The standard InChI is InChI=1S/C8H18N2O2/c1-6(5-12-4)10-7(11)8(2,3)9/h6H,5,9H2,1-4H3,(H,10,11). The summed E-state index contributed by atoms with van der Waals surface area (Å²) in [7, 11) is 1.59. The maximum absolute atomic E-state index is 11.3. The van der Waals surface area contributed by atoms with E-state index in [4.69, 9.17) is 10.5 Å². The summed E-state index contributed by atoms with van der Waals surface area (Å²) < 4.78 is 4.86. The predicted octanol–water partition coefficient (Wildman–Crippen LogP) is -0.125. The van der Waals surface area contributed by atoms with Gasteiger partial charge in [-0.05, 0) is 20.8 Å². The highest BCUT2D eigenvalue weighted by molar-refractivity contribution is 5.85. The number of hydrogen-bond acceptors (Lipinski definition) is 3. The lowest BCUT2D eigenvalue weighted by Crippen LogP contribution is -2.52. The van der Waals surface area contributed by atoms with Crippen LogP contribution in [0, 0.1) is 0 Å². The molecule has 0 aliphatic heterocycles. The smallest absolute Gasteiger partial charge is 0.239 e. The Hall–Kier alpha value is -0.610. The van der Waals surface area contributed by atoms with Gasteiger partial charge in [0.2, 0.25) is 5.91 Å². The van der Waals surface area contributed by atoms with Crippen molar-refractivity contribution in [3.05, 3.63) is 0 Å². The molecule has 0 saturated heterocycles. The molecule has 0 fully saturated rings. The van der Waals surface area contributed by atoms with E-state index >= 15 is 0 Å². The second-order valence-electron chi connectivity index (χ2n) is 3.55. The molecule has 0 aliphatic rings. The summed E-state index contributed by atoms with van der Waals surface area (Å²) in [4.78, 5) is 11.3. The molecule has 0 radical (unpaired) electrons. The molecular weight excluding hydrogens is 156 g/mol. The quantitative estimate of drug-likeness (QED) is 0.624. The van der Waals surface area contributed by atoms with Crippen molar-refractivity contribution in [1.82, 2.24) is 5.32 Å². The van der Waals surface area contributed by atoms with Gasteiger partial charge in [0.15, 0.2) is 0 Å². The van der Waals surface area contributed by atoms with E-state index in [0.29, 0.717) is 6.61 Å². The van der Waals surface area contributed by atoms with Crippen LogP contribution in [-0.2, 0) is 9.53 Å². The highest BCUT2D eigenvalue weighted by Crippen LogP contribution is 1.96. The van der Waals surface area contributed by atoms with Crippen molar-refractivity contribution in [2.24, 2.45) is 5.73 Å². The van der Waals surface area contributed by atoms with Gasteiger partial charge in [0, 0.05) is 13.2 Å². The maximum atomic E-state index is 11.3. The summed E-state index contributed by atoms with van der Waals surface area (Å²) in [6, 6.07) is 0.00493. The van der Waals surface area contributed by atoms with Gasteiger partial charge in [0.25, 0.3) is 0 Å². The number of nitrogens with one attached hydrogen (secondary N) is 1. The van der Waals surface area contributed by atoms with E-state index in [0.717, 1.165) is 0 Å². The number of carbonyl (C=O) groups is 1. The molecule has 4 heteroatoms. The SMILES string of the molecule is COCC(C)NC(=O)C(C)(C)N. The Balaban J connectivity index is 3.85. The van der Waals surface area contributed by atoms with Crippen molar-refractivity contribution in [2.75, 3.05) is 13.7 Å². The number of amides is 1. The monoisotopic (exact) mass is 174 g/mol. The van der Waals surface area contributed by atoms with Gasteiger partial charge in [-0.2, -0.15) is 0 Å². The minimum atomic E-state index is -0.817. The molecule has 0 bridgehead atoms. The van der Waals surface area contributed by atoms with Gasteiger partial charge in [-0.1, -0.05) is 0 Å². The zero-order valence-electron chi connectivity index (χ0n) is 8.18. The van der Waals surface area contributed by atoms with Crippen LogP contribution in [0.15, 0.2) is 0 Å². The van der Waals surface area contributed by atoms with Gasteiger partial charge in [0.05, 0.1) is 12.1 Å². The second-order valence-corrected chi connectivity index (χ2v) is 3.55. The lowest BCUT2D eigenvalue weighted by atomic mass is 10.1. The van der Waals surface area contributed by atoms with E-state index in [1.165, 1.54) is 0 Å². The summed E-state index contributed by atoms with van der Waals surface area (Å²) >= 11 is 0. The lowest BCUT2D eigenvalue weighted by molar-refractivity contribution is -0.126. The number of rotatable bonds is 4. The summed E-state index contributed by atoms with van der Waals surface area (Å²) in [5.74, 6) is -0.160. The van der Waals surface area contributed by atoms with E-state index in [9.17, 15) is 4.79 Å². The molecule has 0 spiro atoms. The van der Waals surface area contributed by atoms with Gasteiger partial charge in [-0.15, -0.1) is 0 Å². The minimum Gasteiger partial charge on any atom is -0.383 e. The Morgan fingerprint density at radius 1 is 1.67 bits per heavy atom. The molecule has 0 aliphatic carbocycles. The minimum absolute atomic E-state index is 0.00493. The number of methoxy groups -OCH3 is 1. The van der Waals surface area contributed by atoms with Crippen LogP contribution in [0.25, 0.3) is 0 Å². The molecule has 0 heterocycles. The normalized spacial score (nSPS) is 14.1. The molecule has 0 aromatic heterocycles. The van der Waals surface area contributed by atoms with Crippen LogP contribution in [0.4, 0.5) is 0 Å². The summed E-state index contributed by atoms with van der Waals surface area (Å²) in [6.45, 7) is 5.71. The Morgan fingerprint density at radius 2 is 2.17 bits per heavy atom. The van der Waals surface area contributed by atoms with Crippen LogP contribution >= 0.6 is 0 Å². The highest BCUT2D eigenvalue weighted by Gasteiger charge is 2.22. The third-order valence-electron chi connectivity index (χ3n) is 1.38. The molecule has 72 valence electrons. The molecule has 12 heavy (non-hydrogen) atoms. The van der Waals surface area contributed by atoms with Crippen LogP contribution in [-0.4, -0.2) is 31.2 Å². The van der Waals surface area contributed by atoms with Crippen molar-refractivity contribution in [2.45, 2.75) is 32.4 Å². The Kier molecular flexibility index (Phi) is 4.20. The molecule has 0 aromatic rings. The maximum Gasteiger partial charge on any atom is 0.239 e. The van der Waals surface area contributed by atoms with Gasteiger partial charge in [-0.25, -0.2) is 0 Å². The number of hydrogen-bond donors (Lipinski definition) is 2. The van der Waals surface area contributed by atoms with E-state index in [1.807, 2.05) is 6.92 Å². The number of nitrogens with two attached hydrogens (primary N) is 1. The predicted molar refractivity (Wildman–Crippen MR) is 47.7 cm³/mol. The molecule has 1 amide bonds. The van der Waals surface area contributed by atoms with E-state index in [1.54, 1.807) is 21.0 Å². The molecule has 1 unspecified atom stereocenters. The summed E-state index contributed by atoms with van der Waals surface area (Å²) in [5, 5.41) is 2.73. The largest absolute Gasteiger partial charge is 0.383 e. The zero-order valence-corrected chi connectivity index (χ0v) is 8.18. The molecular formula is C8H18N2O2. The Labute approximate surface area is 73.5 Å². The van der Waals surface area contributed by atoms with Gasteiger partial charge in [0.1, 0.15) is 0 Å². The first-order chi connectivity index (χ1) is 5.38.